The zero-order valence-electron chi connectivity index (χ0n) is 17.7. The first kappa shape index (κ1) is 19.9. The molecule has 0 aliphatic rings. The lowest BCUT2D eigenvalue weighted by molar-refractivity contribution is 0.0768. The molecular weight excluding hydrogens is 372 g/mol. The van der Waals surface area contributed by atoms with Crippen molar-refractivity contribution in [3.63, 3.8) is 0 Å². The molecule has 4 aromatic rings. The summed E-state index contributed by atoms with van der Waals surface area (Å²) < 4.78 is 2.26. The summed E-state index contributed by atoms with van der Waals surface area (Å²) in [7, 11) is 0. The Morgan fingerprint density at radius 2 is 1.40 bits per heavy atom. The molecule has 0 aliphatic carbocycles. The van der Waals surface area contributed by atoms with Crippen LogP contribution in [0.3, 0.4) is 0 Å². The molecule has 0 N–H and O–H groups in total. The van der Waals surface area contributed by atoms with Crippen molar-refractivity contribution in [3.8, 4) is 0 Å². The molecule has 0 saturated carbocycles. The molecule has 0 spiro atoms. The number of nitrogens with zero attached hydrogens (tertiary/aromatic N) is 2. The predicted molar refractivity (Wildman–Crippen MR) is 122 cm³/mol. The van der Waals surface area contributed by atoms with Gasteiger partial charge in [-0.1, -0.05) is 36.4 Å². The molecule has 0 bridgehead atoms. The van der Waals surface area contributed by atoms with E-state index in [1.807, 2.05) is 56.3 Å². The number of carbonyl (C=O) groups is 2. The summed E-state index contributed by atoms with van der Waals surface area (Å²) in [5.41, 5.74) is 3.79. The summed E-state index contributed by atoms with van der Waals surface area (Å²) in [6.45, 7) is 8.10. The van der Waals surface area contributed by atoms with Crippen LogP contribution >= 0.6 is 0 Å². The second-order valence-corrected chi connectivity index (χ2v) is 7.35. The third-order valence-corrected chi connectivity index (χ3v) is 5.80. The Morgan fingerprint density at radius 3 is 2.10 bits per heavy atom. The number of ketones is 1. The fourth-order valence-corrected chi connectivity index (χ4v) is 4.24. The normalized spacial score (nSPS) is 11.2. The van der Waals surface area contributed by atoms with Gasteiger partial charge >= 0.3 is 0 Å². The lowest BCUT2D eigenvalue weighted by atomic mass is 9.96. The highest BCUT2D eigenvalue weighted by molar-refractivity contribution is 6.18. The first-order valence-corrected chi connectivity index (χ1v) is 10.5. The minimum absolute atomic E-state index is 0.104. The number of hydrogen-bond acceptors (Lipinski definition) is 2. The van der Waals surface area contributed by atoms with Gasteiger partial charge in [-0.3, -0.25) is 9.59 Å². The minimum Gasteiger partial charge on any atom is -0.341 e. The van der Waals surface area contributed by atoms with Gasteiger partial charge in [0.1, 0.15) is 0 Å². The molecule has 1 aromatic heterocycles. The lowest BCUT2D eigenvalue weighted by Crippen LogP contribution is -2.31. The van der Waals surface area contributed by atoms with Crippen LogP contribution in [0.15, 0.2) is 66.7 Å². The van der Waals surface area contributed by atoms with Gasteiger partial charge in [0.15, 0.2) is 5.78 Å². The Kier molecular flexibility index (Phi) is 5.40. The Balaban J connectivity index is 1.84. The fourth-order valence-electron chi connectivity index (χ4n) is 4.24. The van der Waals surface area contributed by atoms with Crippen molar-refractivity contribution < 1.29 is 9.59 Å². The maximum absolute atomic E-state index is 13.4. The Bertz CT molecular complexity index is 1250. The molecule has 0 fully saturated rings. The van der Waals surface area contributed by atoms with Gasteiger partial charge in [-0.2, -0.15) is 0 Å². The number of para-hydroxylation sites is 1. The van der Waals surface area contributed by atoms with Crippen LogP contribution in [-0.4, -0.2) is 34.2 Å². The second kappa shape index (κ2) is 8.15. The van der Waals surface area contributed by atoms with Crippen molar-refractivity contribution in [2.75, 3.05) is 13.1 Å². The first-order valence-electron chi connectivity index (χ1n) is 10.5. The van der Waals surface area contributed by atoms with Gasteiger partial charge in [0.25, 0.3) is 5.91 Å². The average Bonchev–Trinajstić information content (AvgIpc) is 3.12. The van der Waals surface area contributed by atoms with E-state index in [1.54, 1.807) is 17.0 Å². The van der Waals surface area contributed by atoms with E-state index in [9.17, 15) is 9.59 Å². The zero-order valence-corrected chi connectivity index (χ0v) is 17.7. The number of rotatable bonds is 6. The van der Waals surface area contributed by atoms with E-state index in [0.717, 1.165) is 28.4 Å². The fraction of sp³-hybridized carbons (Fsp3) is 0.231. The molecule has 152 valence electrons. The van der Waals surface area contributed by atoms with Crippen molar-refractivity contribution in [1.29, 1.82) is 0 Å². The van der Waals surface area contributed by atoms with E-state index < -0.39 is 0 Å². The number of aryl methyl sites for hydroxylation is 1. The highest BCUT2D eigenvalue weighted by atomic mass is 16.2. The highest BCUT2D eigenvalue weighted by Crippen LogP contribution is 2.30. The summed E-state index contributed by atoms with van der Waals surface area (Å²) in [5, 5.41) is 2.20. The molecule has 1 amide bonds. The standard InChI is InChI=1S/C26H26N2O2/c1-4-27(5-2)26(30)21-13-8-7-12-20(21)25(29)18-15-16-24-22(17-18)19-11-9-10-14-23(19)28(24)6-3/h7-17H,4-6H2,1-3H3. The maximum atomic E-state index is 13.4. The maximum Gasteiger partial charge on any atom is 0.254 e. The average molecular weight is 399 g/mol. The summed E-state index contributed by atoms with van der Waals surface area (Å²) in [5.74, 6) is -0.228. The molecule has 0 aliphatic heterocycles. The van der Waals surface area contributed by atoms with Crippen LogP contribution < -0.4 is 0 Å². The van der Waals surface area contributed by atoms with Crippen molar-refractivity contribution in [2.24, 2.45) is 0 Å². The molecular formula is C26H26N2O2. The summed E-state index contributed by atoms with van der Waals surface area (Å²) in [6, 6.07) is 21.2. The van der Waals surface area contributed by atoms with E-state index in [4.69, 9.17) is 0 Å². The van der Waals surface area contributed by atoms with Crippen LogP contribution in [0.5, 0.6) is 0 Å². The molecule has 1 heterocycles. The molecule has 4 heteroatoms. The van der Waals surface area contributed by atoms with E-state index in [1.165, 1.54) is 0 Å². The van der Waals surface area contributed by atoms with Crippen molar-refractivity contribution >= 4 is 33.5 Å². The van der Waals surface area contributed by atoms with Crippen LogP contribution in [0.2, 0.25) is 0 Å². The van der Waals surface area contributed by atoms with Crippen LogP contribution in [0, 0.1) is 0 Å². The predicted octanol–water partition coefficient (Wildman–Crippen LogP) is 5.53. The zero-order chi connectivity index (χ0) is 21.3. The third kappa shape index (κ3) is 3.18. The van der Waals surface area contributed by atoms with Crippen LogP contribution in [0.4, 0.5) is 0 Å². The first-order chi connectivity index (χ1) is 14.6. The van der Waals surface area contributed by atoms with Crippen LogP contribution in [0.25, 0.3) is 21.8 Å². The monoisotopic (exact) mass is 398 g/mol. The SMILES string of the molecule is CCN(CC)C(=O)c1ccccc1C(=O)c1ccc2c(c1)c1ccccc1n2CC. The number of benzene rings is 3. The van der Waals surface area contributed by atoms with E-state index in [0.29, 0.717) is 29.8 Å². The van der Waals surface area contributed by atoms with Crippen molar-refractivity contribution in [1.82, 2.24) is 9.47 Å². The van der Waals surface area contributed by atoms with Gasteiger partial charge < -0.3 is 9.47 Å². The van der Waals surface area contributed by atoms with Gasteiger partial charge in [-0.15, -0.1) is 0 Å². The molecule has 4 rings (SSSR count). The van der Waals surface area contributed by atoms with Crippen molar-refractivity contribution in [2.45, 2.75) is 27.3 Å². The summed E-state index contributed by atoms with van der Waals surface area (Å²) in [4.78, 5) is 28.2. The lowest BCUT2D eigenvalue weighted by Gasteiger charge is -2.20. The van der Waals surface area contributed by atoms with Crippen LogP contribution in [-0.2, 0) is 6.54 Å². The quantitative estimate of drug-likeness (QED) is 0.401. The largest absolute Gasteiger partial charge is 0.341 e. The highest BCUT2D eigenvalue weighted by Gasteiger charge is 2.21. The van der Waals surface area contributed by atoms with Gasteiger partial charge in [-0.25, -0.2) is 0 Å². The molecule has 0 atom stereocenters. The topological polar surface area (TPSA) is 42.3 Å². The Hall–Kier alpha value is -3.40. The number of fused-ring (bicyclic) bond motifs is 3. The summed E-state index contributed by atoms with van der Waals surface area (Å²) in [6.07, 6.45) is 0. The van der Waals surface area contributed by atoms with Gasteiger partial charge in [-0.05, 0) is 51.1 Å². The van der Waals surface area contributed by atoms with E-state index >= 15 is 0 Å². The van der Waals surface area contributed by atoms with E-state index in [2.05, 4.69) is 23.6 Å². The smallest absolute Gasteiger partial charge is 0.254 e. The minimum atomic E-state index is -0.124. The van der Waals surface area contributed by atoms with Crippen LogP contribution in [0.1, 0.15) is 47.1 Å². The second-order valence-electron chi connectivity index (χ2n) is 7.35. The van der Waals surface area contributed by atoms with E-state index in [-0.39, 0.29) is 11.7 Å². The number of hydrogen-bond donors (Lipinski definition) is 0. The van der Waals surface area contributed by atoms with Gasteiger partial charge in [0.2, 0.25) is 0 Å². The molecule has 0 unspecified atom stereocenters. The number of carbonyl (C=O) groups excluding carboxylic acids is 2. The molecule has 30 heavy (non-hydrogen) atoms. The van der Waals surface area contributed by atoms with Gasteiger partial charge in [0.05, 0.1) is 5.56 Å². The Labute approximate surface area is 176 Å². The Morgan fingerprint density at radius 1 is 0.767 bits per heavy atom. The summed E-state index contributed by atoms with van der Waals surface area (Å²) >= 11 is 0. The third-order valence-electron chi connectivity index (χ3n) is 5.80. The molecule has 4 nitrogen and oxygen atoms in total. The molecule has 0 saturated heterocycles. The number of amides is 1. The molecule has 3 aromatic carbocycles. The molecule has 0 radical (unpaired) electrons. The van der Waals surface area contributed by atoms with Gasteiger partial charge in [0, 0.05) is 52.6 Å². The number of aromatic nitrogens is 1. The van der Waals surface area contributed by atoms with Crippen molar-refractivity contribution in [3.05, 3.63) is 83.4 Å².